The number of carbonyl (C=O) groups excluding carboxylic acids is 5. The molecule has 0 aliphatic heterocycles. The summed E-state index contributed by atoms with van der Waals surface area (Å²) in [6.45, 7) is -0.538. The van der Waals surface area contributed by atoms with E-state index in [0.29, 0.717) is 22.4 Å². The van der Waals surface area contributed by atoms with E-state index in [2.05, 4.69) is 31.6 Å². The number of phenolic OH excluding ortho intramolecular Hbond substituents is 1. The molecule has 11 N–H and O–H groups in total. The van der Waals surface area contributed by atoms with Gasteiger partial charge < -0.3 is 52.6 Å². The Labute approximate surface area is 337 Å². The summed E-state index contributed by atoms with van der Waals surface area (Å²) < 4.78 is 0. The van der Waals surface area contributed by atoms with Crippen LogP contribution in [0.5, 0.6) is 5.75 Å². The maximum atomic E-state index is 14.0. The van der Waals surface area contributed by atoms with Crippen LogP contribution < -0.4 is 32.3 Å². The average molecular weight is 818 g/mol. The van der Waals surface area contributed by atoms with Gasteiger partial charge in [-0.1, -0.05) is 60.7 Å². The standard InChI is InChI=1S/C40H47N7O10S/c1-58-16-15-30(37(53)46-32(20-35(50)51)39(55)47-33(40(56)57)18-23-7-3-2-4-8-23)45-38(54)31(19-25-21-42-29-10-6-5-9-27(25)29)44-34(49)22-43-36(52)28(41)17-24-11-13-26(48)14-12-24/h2-14,21,28,30-33,42,48H,15-20,22,41H2,1H3,(H,43,52)(H,44,49)(H,45,54)(H,46,53)(H,47,55)(H,50,51)(H,56,57)/t28-,30-,31-,32-,33-/m0/s1. The number of hydrogen-bond donors (Lipinski definition) is 10. The maximum Gasteiger partial charge on any atom is 0.326 e. The Balaban J connectivity index is 1.48. The topological polar surface area (TPSA) is 282 Å². The summed E-state index contributed by atoms with van der Waals surface area (Å²) in [5, 5.41) is 42.1. The molecule has 5 atom stereocenters. The third-order valence-corrected chi connectivity index (χ3v) is 9.70. The number of aromatic hydroxyl groups is 1. The molecule has 18 heteroatoms. The molecule has 0 radical (unpaired) electrons. The number of H-pyrrole nitrogens is 1. The molecule has 1 aromatic heterocycles. The number of nitrogens with two attached hydrogens (primary N) is 1. The second kappa shape index (κ2) is 21.8. The number of carboxylic acids is 2. The molecule has 0 unspecified atom stereocenters. The van der Waals surface area contributed by atoms with Gasteiger partial charge in [-0.05, 0) is 59.7 Å². The van der Waals surface area contributed by atoms with Crippen LogP contribution in [0, 0.1) is 0 Å². The molecule has 0 aliphatic rings. The maximum absolute atomic E-state index is 14.0. The van der Waals surface area contributed by atoms with Gasteiger partial charge >= 0.3 is 11.9 Å². The number of carbonyl (C=O) groups is 7. The molecule has 4 aromatic rings. The zero-order valence-corrected chi connectivity index (χ0v) is 32.4. The van der Waals surface area contributed by atoms with Crippen molar-refractivity contribution >= 4 is 64.1 Å². The second-order valence-electron chi connectivity index (χ2n) is 13.5. The largest absolute Gasteiger partial charge is 0.508 e. The average Bonchev–Trinajstić information content (AvgIpc) is 3.61. The quantitative estimate of drug-likeness (QED) is 0.0522. The normalized spacial score (nSPS) is 13.6. The van der Waals surface area contributed by atoms with Crippen LogP contribution in [-0.2, 0) is 52.8 Å². The number of rotatable bonds is 22. The van der Waals surface area contributed by atoms with E-state index in [1.165, 1.54) is 23.9 Å². The number of thioether (sulfide) groups is 1. The van der Waals surface area contributed by atoms with Crippen LogP contribution in [0.4, 0.5) is 0 Å². The number of fused-ring (bicyclic) bond motifs is 1. The fourth-order valence-corrected chi connectivity index (χ4v) is 6.48. The Kier molecular flexibility index (Phi) is 16.6. The van der Waals surface area contributed by atoms with Crippen LogP contribution in [0.25, 0.3) is 10.9 Å². The molecule has 4 rings (SSSR count). The number of hydrogen-bond acceptors (Lipinski definition) is 10. The van der Waals surface area contributed by atoms with Gasteiger partial charge in [0.15, 0.2) is 0 Å². The van der Waals surface area contributed by atoms with Gasteiger partial charge in [0.25, 0.3) is 0 Å². The minimum absolute atomic E-state index is 0.0363. The number of carboxylic acid groups (broad SMARTS) is 2. The molecule has 0 aliphatic carbocycles. The van der Waals surface area contributed by atoms with Crippen molar-refractivity contribution in [1.29, 1.82) is 0 Å². The van der Waals surface area contributed by atoms with Crippen molar-refractivity contribution < 1.29 is 48.9 Å². The highest BCUT2D eigenvalue weighted by Gasteiger charge is 2.33. The summed E-state index contributed by atoms with van der Waals surface area (Å²) in [5.41, 5.74) is 8.75. The third-order valence-electron chi connectivity index (χ3n) is 9.06. The zero-order valence-electron chi connectivity index (χ0n) is 31.6. The van der Waals surface area contributed by atoms with Crippen molar-refractivity contribution in [1.82, 2.24) is 31.6 Å². The molecule has 0 fully saturated rings. The fraction of sp³-hybridized carbons (Fsp3) is 0.325. The molecule has 0 bridgehead atoms. The summed E-state index contributed by atoms with van der Waals surface area (Å²) in [6, 6.07) is 15.1. The lowest BCUT2D eigenvalue weighted by molar-refractivity contribution is -0.143. The number of benzene rings is 3. The van der Waals surface area contributed by atoms with Gasteiger partial charge in [0.1, 0.15) is 29.9 Å². The number of aromatic nitrogens is 1. The van der Waals surface area contributed by atoms with Crippen molar-refractivity contribution in [3.05, 3.63) is 102 Å². The van der Waals surface area contributed by atoms with Gasteiger partial charge in [0.05, 0.1) is 19.0 Å². The van der Waals surface area contributed by atoms with Gasteiger partial charge in [-0.15, -0.1) is 0 Å². The second-order valence-corrected chi connectivity index (χ2v) is 14.5. The summed E-state index contributed by atoms with van der Waals surface area (Å²) in [4.78, 5) is 93.9. The first kappa shape index (κ1) is 44.3. The molecule has 5 amide bonds. The first-order valence-corrected chi connectivity index (χ1v) is 19.7. The molecule has 308 valence electrons. The molecular formula is C40H47N7O10S. The first-order chi connectivity index (χ1) is 27.7. The highest BCUT2D eigenvalue weighted by Crippen LogP contribution is 2.19. The molecule has 0 spiro atoms. The number of para-hydroxylation sites is 1. The molecule has 3 aromatic carbocycles. The first-order valence-electron chi connectivity index (χ1n) is 18.3. The van der Waals surface area contributed by atoms with E-state index in [-0.39, 0.29) is 31.4 Å². The minimum atomic E-state index is -1.71. The van der Waals surface area contributed by atoms with E-state index >= 15 is 0 Å². The summed E-state index contributed by atoms with van der Waals surface area (Å²) in [7, 11) is 0. The van der Waals surface area contributed by atoms with Crippen LogP contribution in [0.1, 0.15) is 29.5 Å². The molecule has 17 nitrogen and oxygen atoms in total. The van der Waals surface area contributed by atoms with Crippen LogP contribution >= 0.6 is 11.8 Å². The van der Waals surface area contributed by atoms with Crippen molar-refractivity contribution in [2.45, 2.75) is 62.3 Å². The van der Waals surface area contributed by atoms with Crippen LogP contribution in [0.15, 0.2) is 85.1 Å². The van der Waals surface area contributed by atoms with Gasteiger partial charge in [0, 0.05) is 29.9 Å². The summed E-state index contributed by atoms with van der Waals surface area (Å²) in [6.07, 6.45) is 2.56. The summed E-state index contributed by atoms with van der Waals surface area (Å²) >= 11 is 1.35. The highest BCUT2D eigenvalue weighted by atomic mass is 32.2. The molecule has 1 heterocycles. The van der Waals surface area contributed by atoms with E-state index in [0.717, 1.165) is 10.9 Å². The lowest BCUT2D eigenvalue weighted by Crippen LogP contribution is -2.59. The number of amides is 5. The van der Waals surface area contributed by atoms with E-state index in [1.807, 2.05) is 18.2 Å². The van der Waals surface area contributed by atoms with Crippen molar-refractivity contribution in [2.24, 2.45) is 5.73 Å². The molecule has 0 saturated carbocycles. The van der Waals surface area contributed by atoms with E-state index < -0.39 is 84.6 Å². The number of aromatic amines is 1. The molecule has 58 heavy (non-hydrogen) atoms. The van der Waals surface area contributed by atoms with Gasteiger partial charge in [-0.3, -0.25) is 28.8 Å². The number of phenols is 1. The fourth-order valence-electron chi connectivity index (χ4n) is 6.01. The number of aliphatic carboxylic acids is 2. The van der Waals surface area contributed by atoms with Gasteiger partial charge in [-0.2, -0.15) is 11.8 Å². The van der Waals surface area contributed by atoms with Crippen LogP contribution in [-0.4, -0.2) is 111 Å². The van der Waals surface area contributed by atoms with Crippen molar-refractivity contribution in [3.8, 4) is 5.75 Å². The predicted molar refractivity (Wildman–Crippen MR) is 216 cm³/mol. The highest BCUT2D eigenvalue weighted by molar-refractivity contribution is 7.98. The zero-order chi connectivity index (χ0) is 42.2. The van der Waals surface area contributed by atoms with Crippen molar-refractivity contribution in [3.63, 3.8) is 0 Å². The Morgan fingerprint density at radius 1 is 0.690 bits per heavy atom. The lowest BCUT2D eigenvalue weighted by atomic mass is 10.0. The SMILES string of the molecule is CSCC[C@H](NC(=O)[C@H](Cc1c[nH]c2ccccc12)NC(=O)CNC(=O)[C@@H](N)Cc1ccc(O)cc1)C(=O)N[C@@H](CC(=O)O)C(=O)N[C@@H](Cc1ccccc1)C(=O)O. The Morgan fingerprint density at radius 2 is 1.29 bits per heavy atom. The monoisotopic (exact) mass is 817 g/mol. The van der Waals surface area contributed by atoms with E-state index in [1.54, 1.807) is 61.0 Å². The number of nitrogens with one attached hydrogen (secondary N) is 6. The Bertz CT molecular complexity index is 2060. The Morgan fingerprint density at radius 3 is 1.97 bits per heavy atom. The van der Waals surface area contributed by atoms with Crippen LogP contribution in [0.3, 0.4) is 0 Å². The predicted octanol–water partition coefficient (Wildman–Crippen LogP) is 0.597. The summed E-state index contributed by atoms with van der Waals surface area (Å²) in [5.74, 6) is -6.55. The smallest absolute Gasteiger partial charge is 0.326 e. The van der Waals surface area contributed by atoms with Crippen molar-refractivity contribution in [2.75, 3.05) is 18.6 Å². The van der Waals surface area contributed by atoms with E-state index in [9.17, 15) is 48.9 Å². The lowest BCUT2D eigenvalue weighted by Gasteiger charge is -2.26. The molecular weight excluding hydrogens is 771 g/mol. The minimum Gasteiger partial charge on any atom is -0.508 e. The van der Waals surface area contributed by atoms with E-state index in [4.69, 9.17) is 5.73 Å². The van der Waals surface area contributed by atoms with Gasteiger partial charge in [-0.25, -0.2) is 4.79 Å². The van der Waals surface area contributed by atoms with Crippen LogP contribution in [0.2, 0.25) is 0 Å². The molecule has 0 saturated heterocycles. The third kappa shape index (κ3) is 13.7. The van der Waals surface area contributed by atoms with Gasteiger partial charge in [0.2, 0.25) is 29.5 Å². The Hall–Kier alpha value is -6.40.